The summed E-state index contributed by atoms with van der Waals surface area (Å²) >= 11 is 0. The van der Waals surface area contributed by atoms with Crippen molar-refractivity contribution in [3.05, 3.63) is 12.2 Å². The summed E-state index contributed by atoms with van der Waals surface area (Å²) in [6.07, 6.45) is 5.79. The van der Waals surface area contributed by atoms with Crippen molar-refractivity contribution in [1.82, 2.24) is 0 Å². The normalized spacial score (nSPS) is 14.1. The van der Waals surface area contributed by atoms with Gasteiger partial charge in [0.1, 0.15) is 0 Å². The van der Waals surface area contributed by atoms with Crippen LogP contribution in [0.4, 0.5) is 0 Å². The third kappa shape index (κ3) is 6.99. The highest BCUT2D eigenvalue weighted by atomic mass is 16.5. The van der Waals surface area contributed by atoms with Gasteiger partial charge in [-0.2, -0.15) is 0 Å². The fourth-order valence-corrected chi connectivity index (χ4v) is 1.60. The van der Waals surface area contributed by atoms with Crippen LogP contribution in [0.2, 0.25) is 0 Å². The molecular weight excluding hydrogens is 244 g/mol. The topological polar surface area (TPSA) is 52.6 Å². The van der Waals surface area contributed by atoms with E-state index in [0.717, 1.165) is 12.8 Å². The Labute approximate surface area is 116 Å². The molecule has 0 saturated heterocycles. The van der Waals surface area contributed by atoms with Crippen LogP contribution in [0.25, 0.3) is 0 Å². The van der Waals surface area contributed by atoms with Crippen LogP contribution in [0.3, 0.4) is 0 Å². The van der Waals surface area contributed by atoms with Crippen LogP contribution in [-0.4, -0.2) is 25.2 Å². The van der Waals surface area contributed by atoms with Crippen LogP contribution in [-0.2, 0) is 19.1 Å². The van der Waals surface area contributed by atoms with E-state index in [9.17, 15) is 9.59 Å². The molecule has 4 heteroatoms. The zero-order chi connectivity index (χ0) is 14.7. The summed E-state index contributed by atoms with van der Waals surface area (Å²) in [5.41, 5.74) is 0. The second kappa shape index (κ2) is 10.6. The SMILES string of the molecule is CC=CCC(C(=O)OCCC)C(C)C(=O)OCCC. The number of carbonyl (C=O) groups is 2. The van der Waals surface area contributed by atoms with Gasteiger partial charge in [-0.25, -0.2) is 0 Å². The zero-order valence-electron chi connectivity index (χ0n) is 12.5. The van der Waals surface area contributed by atoms with Gasteiger partial charge in [-0.1, -0.05) is 32.9 Å². The van der Waals surface area contributed by atoms with Crippen LogP contribution >= 0.6 is 0 Å². The maximum Gasteiger partial charge on any atom is 0.310 e. The first-order chi connectivity index (χ1) is 9.08. The van der Waals surface area contributed by atoms with Crippen LogP contribution < -0.4 is 0 Å². The van der Waals surface area contributed by atoms with Gasteiger partial charge >= 0.3 is 11.9 Å². The minimum absolute atomic E-state index is 0.319. The molecule has 0 aromatic carbocycles. The Kier molecular flexibility index (Phi) is 9.85. The van der Waals surface area contributed by atoms with E-state index in [1.807, 2.05) is 32.9 Å². The third-order valence-electron chi connectivity index (χ3n) is 2.80. The van der Waals surface area contributed by atoms with E-state index < -0.39 is 11.8 Å². The quantitative estimate of drug-likeness (QED) is 0.477. The fraction of sp³-hybridized carbons (Fsp3) is 0.733. The lowest BCUT2D eigenvalue weighted by molar-refractivity contribution is -0.160. The summed E-state index contributed by atoms with van der Waals surface area (Å²) < 4.78 is 10.2. The van der Waals surface area contributed by atoms with Gasteiger partial charge in [-0.15, -0.1) is 0 Å². The average molecular weight is 270 g/mol. The van der Waals surface area contributed by atoms with Gasteiger partial charge in [0.25, 0.3) is 0 Å². The Morgan fingerprint density at radius 3 is 2.05 bits per heavy atom. The van der Waals surface area contributed by atoms with E-state index in [1.165, 1.54) is 0 Å². The van der Waals surface area contributed by atoms with Crippen molar-refractivity contribution in [3.63, 3.8) is 0 Å². The standard InChI is InChI=1S/C15H26O4/c1-5-8-9-13(15(17)19-11-7-3)12(4)14(16)18-10-6-2/h5,8,12-13H,6-7,9-11H2,1-4H3. The number of ether oxygens (including phenoxy) is 2. The van der Waals surface area contributed by atoms with Crippen molar-refractivity contribution in [3.8, 4) is 0 Å². The molecule has 19 heavy (non-hydrogen) atoms. The van der Waals surface area contributed by atoms with Gasteiger partial charge in [0.2, 0.25) is 0 Å². The number of hydrogen-bond acceptors (Lipinski definition) is 4. The Morgan fingerprint density at radius 1 is 1.05 bits per heavy atom. The molecule has 0 radical (unpaired) electrons. The van der Waals surface area contributed by atoms with Crippen LogP contribution in [0.5, 0.6) is 0 Å². The van der Waals surface area contributed by atoms with Crippen molar-refractivity contribution in [2.24, 2.45) is 11.8 Å². The number of allylic oxidation sites excluding steroid dienone is 2. The van der Waals surface area contributed by atoms with Gasteiger partial charge in [-0.05, 0) is 26.2 Å². The molecule has 4 nitrogen and oxygen atoms in total. The smallest absolute Gasteiger partial charge is 0.310 e. The van der Waals surface area contributed by atoms with Gasteiger partial charge in [0, 0.05) is 0 Å². The lowest BCUT2D eigenvalue weighted by atomic mass is 9.91. The highest BCUT2D eigenvalue weighted by Crippen LogP contribution is 2.20. The first-order valence-corrected chi connectivity index (χ1v) is 7.02. The molecule has 2 atom stereocenters. The van der Waals surface area contributed by atoms with Gasteiger partial charge in [-0.3, -0.25) is 9.59 Å². The molecular formula is C15H26O4. The second-order valence-corrected chi connectivity index (χ2v) is 4.53. The lowest BCUT2D eigenvalue weighted by Crippen LogP contribution is -2.30. The van der Waals surface area contributed by atoms with Crippen molar-refractivity contribution < 1.29 is 19.1 Å². The minimum Gasteiger partial charge on any atom is -0.465 e. The van der Waals surface area contributed by atoms with Gasteiger partial charge in [0.05, 0.1) is 25.0 Å². The molecule has 0 aliphatic carbocycles. The Bertz CT molecular complexity index is 297. The first-order valence-electron chi connectivity index (χ1n) is 7.02. The highest BCUT2D eigenvalue weighted by molar-refractivity contribution is 5.82. The molecule has 0 fully saturated rings. The van der Waals surface area contributed by atoms with Crippen LogP contribution in [0.15, 0.2) is 12.2 Å². The molecule has 0 aliphatic rings. The van der Waals surface area contributed by atoms with E-state index >= 15 is 0 Å². The Morgan fingerprint density at radius 2 is 1.58 bits per heavy atom. The Hall–Kier alpha value is -1.32. The van der Waals surface area contributed by atoms with Crippen molar-refractivity contribution in [1.29, 1.82) is 0 Å². The molecule has 0 heterocycles. The maximum absolute atomic E-state index is 12.0. The summed E-state index contributed by atoms with van der Waals surface area (Å²) in [5, 5.41) is 0. The second-order valence-electron chi connectivity index (χ2n) is 4.53. The summed E-state index contributed by atoms with van der Waals surface area (Å²) in [7, 11) is 0. The summed E-state index contributed by atoms with van der Waals surface area (Å²) in [6.45, 7) is 8.26. The first kappa shape index (κ1) is 17.7. The highest BCUT2D eigenvalue weighted by Gasteiger charge is 2.31. The van der Waals surface area contributed by atoms with Gasteiger partial charge < -0.3 is 9.47 Å². The number of rotatable bonds is 9. The number of carbonyl (C=O) groups excluding carboxylic acids is 2. The van der Waals surface area contributed by atoms with Crippen molar-refractivity contribution in [2.75, 3.05) is 13.2 Å². The van der Waals surface area contributed by atoms with E-state index in [4.69, 9.17) is 9.47 Å². The molecule has 0 amide bonds. The molecule has 0 aromatic heterocycles. The predicted molar refractivity (Wildman–Crippen MR) is 74.6 cm³/mol. The van der Waals surface area contributed by atoms with Crippen molar-refractivity contribution in [2.45, 2.75) is 47.0 Å². The van der Waals surface area contributed by atoms with Gasteiger partial charge in [0.15, 0.2) is 0 Å². The molecule has 0 rings (SSSR count). The molecule has 0 spiro atoms. The fourth-order valence-electron chi connectivity index (χ4n) is 1.60. The van der Waals surface area contributed by atoms with Crippen LogP contribution in [0.1, 0.15) is 47.0 Å². The molecule has 0 aliphatic heterocycles. The monoisotopic (exact) mass is 270 g/mol. The summed E-state index contributed by atoms with van der Waals surface area (Å²) in [5.74, 6) is -1.59. The van der Waals surface area contributed by atoms with E-state index in [2.05, 4.69) is 0 Å². The zero-order valence-corrected chi connectivity index (χ0v) is 12.5. The van der Waals surface area contributed by atoms with E-state index in [-0.39, 0.29) is 11.9 Å². The van der Waals surface area contributed by atoms with E-state index in [0.29, 0.717) is 19.6 Å². The summed E-state index contributed by atoms with van der Waals surface area (Å²) in [6, 6.07) is 0. The lowest BCUT2D eigenvalue weighted by Gasteiger charge is -2.20. The van der Waals surface area contributed by atoms with E-state index in [1.54, 1.807) is 6.92 Å². The summed E-state index contributed by atoms with van der Waals surface area (Å²) in [4.78, 5) is 23.8. The average Bonchev–Trinajstić information content (AvgIpc) is 2.42. The molecule has 0 saturated carbocycles. The number of esters is 2. The molecule has 0 aromatic rings. The maximum atomic E-state index is 12.0. The molecule has 0 N–H and O–H groups in total. The van der Waals surface area contributed by atoms with Crippen LogP contribution in [0, 0.1) is 11.8 Å². The molecule has 0 bridgehead atoms. The molecule has 110 valence electrons. The number of hydrogen-bond donors (Lipinski definition) is 0. The molecule has 2 unspecified atom stereocenters. The Balaban J connectivity index is 4.62. The largest absolute Gasteiger partial charge is 0.465 e. The van der Waals surface area contributed by atoms with Crippen molar-refractivity contribution >= 4 is 11.9 Å². The third-order valence-corrected chi connectivity index (χ3v) is 2.80. The minimum atomic E-state index is -0.480. The predicted octanol–water partition coefficient (Wildman–Crippen LogP) is 3.11.